The molecular formula is C14H15N3S. The fourth-order valence-electron chi connectivity index (χ4n) is 2.13. The van der Waals surface area contributed by atoms with Gasteiger partial charge < -0.3 is 5.73 Å². The molecule has 2 heterocycles. The maximum Gasteiger partial charge on any atom is 0.130 e. The third-order valence-corrected chi connectivity index (χ3v) is 4.12. The van der Waals surface area contributed by atoms with Crippen molar-refractivity contribution in [1.82, 2.24) is 4.98 Å². The molecule has 0 bridgehead atoms. The number of hydrogen-bond donors (Lipinski definition) is 1. The zero-order chi connectivity index (χ0) is 13.3. The number of nitrogen functional groups attached to an aromatic ring is 1. The monoisotopic (exact) mass is 257 g/mol. The van der Waals surface area contributed by atoms with Crippen molar-refractivity contribution < 1.29 is 0 Å². The van der Waals surface area contributed by atoms with Crippen LogP contribution in [0, 0.1) is 25.2 Å². The van der Waals surface area contributed by atoms with Crippen molar-refractivity contribution in [1.29, 1.82) is 5.26 Å². The number of nitrogens with zero attached hydrogens (tertiary/aromatic N) is 2. The smallest absolute Gasteiger partial charge is 0.130 e. The SMILES string of the molecule is C/C=C/Cc1c(C)nc2sc(C#N)c(N)c2c1C. The van der Waals surface area contributed by atoms with Crippen molar-refractivity contribution in [2.45, 2.75) is 27.2 Å². The summed E-state index contributed by atoms with van der Waals surface area (Å²) < 4.78 is 0. The van der Waals surface area contributed by atoms with Crippen LogP contribution < -0.4 is 5.73 Å². The van der Waals surface area contributed by atoms with E-state index in [2.05, 4.69) is 24.1 Å². The zero-order valence-electron chi connectivity index (χ0n) is 10.7. The van der Waals surface area contributed by atoms with Crippen molar-refractivity contribution in [3.8, 4) is 6.07 Å². The molecule has 0 aliphatic heterocycles. The molecule has 0 atom stereocenters. The van der Waals surface area contributed by atoms with Gasteiger partial charge in [-0.15, -0.1) is 11.3 Å². The molecule has 0 aliphatic carbocycles. The summed E-state index contributed by atoms with van der Waals surface area (Å²) in [6.45, 7) is 6.07. The van der Waals surface area contributed by atoms with E-state index in [1.165, 1.54) is 16.9 Å². The van der Waals surface area contributed by atoms with E-state index >= 15 is 0 Å². The van der Waals surface area contributed by atoms with Gasteiger partial charge in [0.1, 0.15) is 15.8 Å². The minimum absolute atomic E-state index is 0.559. The molecule has 0 amide bonds. The van der Waals surface area contributed by atoms with Gasteiger partial charge in [0.25, 0.3) is 0 Å². The zero-order valence-corrected chi connectivity index (χ0v) is 11.6. The predicted octanol–water partition coefficient (Wildman–Crippen LogP) is 3.49. The number of hydrogen-bond acceptors (Lipinski definition) is 4. The third kappa shape index (κ3) is 1.87. The van der Waals surface area contributed by atoms with Gasteiger partial charge in [0.15, 0.2) is 0 Å². The van der Waals surface area contributed by atoms with Crippen LogP contribution in [0.25, 0.3) is 10.2 Å². The van der Waals surface area contributed by atoms with E-state index in [0.717, 1.165) is 27.9 Å². The summed E-state index contributed by atoms with van der Waals surface area (Å²) >= 11 is 1.37. The Morgan fingerprint density at radius 3 is 2.78 bits per heavy atom. The van der Waals surface area contributed by atoms with Gasteiger partial charge in [0, 0.05) is 11.1 Å². The summed E-state index contributed by atoms with van der Waals surface area (Å²) in [6.07, 6.45) is 4.99. The first-order valence-electron chi connectivity index (χ1n) is 5.79. The van der Waals surface area contributed by atoms with Crippen molar-refractivity contribution in [2.75, 3.05) is 5.73 Å². The molecule has 0 saturated heterocycles. The van der Waals surface area contributed by atoms with E-state index in [9.17, 15) is 0 Å². The Balaban J connectivity index is 2.76. The maximum absolute atomic E-state index is 9.03. The van der Waals surface area contributed by atoms with Crippen LogP contribution in [0.4, 0.5) is 5.69 Å². The standard InChI is InChI=1S/C14H15N3S/c1-4-5-6-10-8(2)12-13(16)11(7-15)18-14(12)17-9(10)3/h4-5H,6,16H2,1-3H3/b5-4+. The second-order valence-electron chi connectivity index (χ2n) is 4.21. The molecule has 4 heteroatoms. The van der Waals surface area contributed by atoms with E-state index in [1.807, 2.05) is 19.9 Å². The van der Waals surface area contributed by atoms with Crippen LogP contribution in [0.5, 0.6) is 0 Å². The second-order valence-corrected chi connectivity index (χ2v) is 5.21. The topological polar surface area (TPSA) is 62.7 Å². The van der Waals surface area contributed by atoms with Gasteiger partial charge in [-0.1, -0.05) is 12.2 Å². The summed E-state index contributed by atoms with van der Waals surface area (Å²) in [6, 6.07) is 2.13. The van der Waals surface area contributed by atoms with Crippen LogP contribution in [-0.2, 0) is 6.42 Å². The molecule has 3 nitrogen and oxygen atoms in total. The van der Waals surface area contributed by atoms with Gasteiger partial charge in [-0.05, 0) is 38.3 Å². The molecule has 0 unspecified atom stereocenters. The molecule has 92 valence electrons. The summed E-state index contributed by atoms with van der Waals surface area (Å²) in [4.78, 5) is 5.99. The molecule has 0 saturated carbocycles. The minimum atomic E-state index is 0.559. The predicted molar refractivity (Wildman–Crippen MR) is 76.7 cm³/mol. The Bertz CT molecular complexity index is 675. The Labute approximate surface area is 111 Å². The Kier molecular flexibility index (Phi) is 3.35. The molecule has 2 rings (SSSR count). The molecule has 0 radical (unpaired) electrons. The van der Waals surface area contributed by atoms with Gasteiger partial charge in [-0.25, -0.2) is 4.98 Å². The molecule has 2 aromatic heterocycles. The van der Waals surface area contributed by atoms with E-state index in [1.54, 1.807) is 0 Å². The average Bonchev–Trinajstić information content (AvgIpc) is 2.65. The average molecular weight is 257 g/mol. The van der Waals surface area contributed by atoms with Crippen molar-refractivity contribution in [2.24, 2.45) is 0 Å². The van der Waals surface area contributed by atoms with Crippen LogP contribution in [0.15, 0.2) is 12.2 Å². The third-order valence-electron chi connectivity index (χ3n) is 3.12. The van der Waals surface area contributed by atoms with E-state index in [-0.39, 0.29) is 0 Å². The summed E-state index contributed by atoms with van der Waals surface area (Å²) in [5.41, 5.74) is 9.97. The number of thiophene rings is 1. The van der Waals surface area contributed by atoms with E-state index in [0.29, 0.717) is 10.6 Å². The number of nitrogens with two attached hydrogens (primary N) is 1. The summed E-state index contributed by atoms with van der Waals surface area (Å²) in [5, 5.41) is 9.98. The molecule has 18 heavy (non-hydrogen) atoms. The summed E-state index contributed by atoms with van der Waals surface area (Å²) in [5.74, 6) is 0. The van der Waals surface area contributed by atoms with E-state index in [4.69, 9.17) is 11.0 Å². The lowest BCUT2D eigenvalue weighted by Gasteiger charge is -2.08. The lowest BCUT2D eigenvalue weighted by atomic mass is 10.0. The van der Waals surface area contributed by atoms with Crippen LogP contribution >= 0.6 is 11.3 Å². The number of pyridine rings is 1. The fourth-order valence-corrected chi connectivity index (χ4v) is 3.13. The van der Waals surface area contributed by atoms with Crippen molar-refractivity contribution >= 4 is 27.2 Å². The van der Waals surface area contributed by atoms with Gasteiger partial charge >= 0.3 is 0 Å². The van der Waals surface area contributed by atoms with Gasteiger partial charge in [0.2, 0.25) is 0 Å². The molecule has 0 fully saturated rings. The normalized spacial score (nSPS) is 11.2. The van der Waals surface area contributed by atoms with Crippen molar-refractivity contribution in [3.63, 3.8) is 0 Å². The molecular weight excluding hydrogens is 242 g/mol. The summed E-state index contributed by atoms with van der Waals surface area (Å²) in [7, 11) is 0. The van der Waals surface area contributed by atoms with E-state index < -0.39 is 0 Å². The Morgan fingerprint density at radius 1 is 1.44 bits per heavy atom. The first kappa shape index (κ1) is 12.6. The Hall–Kier alpha value is -1.86. The molecule has 0 spiro atoms. The highest BCUT2D eigenvalue weighted by molar-refractivity contribution is 7.19. The second kappa shape index (κ2) is 4.79. The fraction of sp³-hybridized carbons (Fsp3) is 0.286. The quantitative estimate of drug-likeness (QED) is 0.838. The number of aromatic nitrogens is 1. The van der Waals surface area contributed by atoms with Crippen LogP contribution in [0.1, 0.15) is 28.6 Å². The molecule has 0 aromatic carbocycles. The number of allylic oxidation sites excluding steroid dienone is 2. The highest BCUT2D eigenvalue weighted by Gasteiger charge is 2.16. The van der Waals surface area contributed by atoms with Crippen LogP contribution in [0.3, 0.4) is 0 Å². The van der Waals surface area contributed by atoms with Gasteiger partial charge in [0.05, 0.1) is 5.69 Å². The maximum atomic E-state index is 9.03. The number of aryl methyl sites for hydroxylation is 2. The highest BCUT2D eigenvalue weighted by atomic mass is 32.1. The first-order chi connectivity index (χ1) is 8.60. The first-order valence-corrected chi connectivity index (χ1v) is 6.61. The highest BCUT2D eigenvalue weighted by Crippen LogP contribution is 2.36. The minimum Gasteiger partial charge on any atom is -0.396 e. The van der Waals surface area contributed by atoms with Gasteiger partial charge in [-0.3, -0.25) is 0 Å². The number of fused-ring (bicyclic) bond motifs is 1. The van der Waals surface area contributed by atoms with Crippen molar-refractivity contribution in [3.05, 3.63) is 33.9 Å². The lowest BCUT2D eigenvalue weighted by Crippen LogP contribution is -1.97. The largest absolute Gasteiger partial charge is 0.396 e. The molecule has 0 aliphatic rings. The van der Waals surface area contributed by atoms with Gasteiger partial charge in [-0.2, -0.15) is 5.26 Å². The van der Waals surface area contributed by atoms with Crippen LogP contribution in [-0.4, -0.2) is 4.98 Å². The lowest BCUT2D eigenvalue weighted by molar-refractivity contribution is 1.11. The molecule has 2 N–H and O–H groups in total. The van der Waals surface area contributed by atoms with Crippen LogP contribution in [0.2, 0.25) is 0 Å². The number of rotatable bonds is 2. The number of anilines is 1. The number of nitriles is 1. The molecule has 2 aromatic rings. The Morgan fingerprint density at radius 2 is 2.17 bits per heavy atom.